The van der Waals surface area contributed by atoms with Crippen LogP contribution in [-0.2, 0) is 9.53 Å². The minimum atomic E-state index is -3.01. The normalized spacial score (nSPS) is 43.7. The molecule has 4 aliphatic carbocycles. The minimum absolute atomic E-state index is 0.291. The summed E-state index contributed by atoms with van der Waals surface area (Å²) in [7, 11) is 0. The highest BCUT2D eigenvalue weighted by molar-refractivity contribution is 5.72. The summed E-state index contributed by atoms with van der Waals surface area (Å²) in [5.74, 6) is 4.16. The largest absolute Gasteiger partial charge is 0.458 e. The second-order valence-electron chi connectivity index (χ2n) is 13.3. The van der Waals surface area contributed by atoms with Crippen LogP contribution in [0.4, 0.5) is 8.78 Å². The summed E-state index contributed by atoms with van der Waals surface area (Å²) in [5, 5.41) is 0. The Morgan fingerprint density at radius 2 is 1.61 bits per heavy atom. The van der Waals surface area contributed by atoms with E-state index in [-0.39, 0.29) is 6.10 Å². The highest BCUT2D eigenvalue weighted by Crippen LogP contribution is 2.68. The fourth-order valence-corrected chi connectivity index (χ4v) is 9.57. The molecule has 0 bridgehead atoms. The van der Waals surface area contributed by atoms with Gasteiger partial charge in [0.2, 0.25) is 0 Å². The summed E-state index contributed by atoms with van der Waals surface area (Å²) >= 11 is 0. The lowest BCUT2D eigenvalue weighted by Gasteiger charge is -2.61. The van der Waals surface area contributed by atoms with Gasteiger partial charge in [-0.15, -0.1) is 0 Å². The monoisotopic (exact) mass is 466 g/mol. The highest BCUT2D eigenvalue weighted by Gasteiger charge is 2.60. The van der Waals surface area contributed by atoms with Crippen LogP contribution in [0.3, 0.4) is 0 Å². The zero-order valence-electron chi connectivity index (χ0n) is 21.8. The molecule has 4 rings (SSSR count). The summed E-state index contributed by atoms with van der Waals surface area (Å²) in [6, 6.07) is 0. The molecule has 190 valence electrons. The predicted molar refractivity (Wildman–Crippen MR) is 129 cm³/mol. The van der Waals surface area contributed by atoms with Crippen molar-refractivity contribution in [1.82, 2.24) is 0 Å². The van der Waals surface area contributed by atoms with Gasteiger partial charge in [0, 0.05) is 0 Å². The molecule has 0 saturated heterocycles. The van der Waals surface area contributed by atoms with Crippen molar-refractivity contribution in [3.63, 3.8) is 0 Å². The fourth-order valence-electron chi connectivity index (χ4n) is 9.57. The van der Waals surface area contributed by atoms with Crippen LogP contribution in [0.5, 0.6) is 0 Å². The maximum atomic E-state index is 12.7. The first kappa shape index (κ1) is 25.4. The van der Waals surface area contributed by atoms with Crippen LogP contribution < -0.4 is 0 Å². The van der Waals surface area contributed by atoms with E-state index in [1.54, 1.807) is 0 Å². The van der Waals surface area contributed by atoms with Crippen molar-refractivity contribution < 1.29 is 18.3 Å². The number of halogens is 2. The maximum Gasteiger partial charge on any atom is 0.374 e. The zero-order chi connectivity index (χ0) is 24.0. The average molecular weight is 467 g/mol. The molecule has 4 aliphatic rings. The number of hydrogen-bond acceptors (Lipinski definition) is 2. The Hall–Kier alpha value is -0.670. The number of esters is 1. The first-order valence-electron chi connectivity index (χ1n) is 14.0. The number of hydrogen-bond donors (Lipinski definition) is 0. The van der Waals surface area contributed by atoms with Gasteiger partial charge in [0.1, 0.15) is 6.10 Å². The average Bonchev–Trinajstić information content (AvgIpc) is 3.11. The topological polar surface area (TPSA) is 26.3 Å². The number of fused-ring (bicyclic) bond motifs is 5. The van der Waals surface area contributed by atoms with Gasteiger partial charge in [-0.25, -0.2) is 4.79 Å². The predicted octanol–water partition coefficient (Wildman–Crippen LogP) is 8.28. The van der Waals surface area contributed by atoms with E-state index in [0.717, 1.165) is 54.8 Å². The summed E-state index contributed by atoms with van der Waals surface area (Å²) in [6.07, 6.45) is 11.4. The quantitative estimate of drug-likeness (QED) is 0.353. The van der Waals surface area contributed by atoms with Crippen molar-refractivity contribution in [1.29, 1.82) is 0 Å². The van der Waals surface area contributed by atoms with E-state index in [9.17, 15) is 13.6 Å². The zero-order valence-corrected chi connectivity index (χ0v) is 21.8. The first-order valence-corrected chi connectivity index (χ1v) is 14.0. The molecule has 4 saturated carbocycles. The van der Waals surface area contributed by atoms with Crippen molar-refractivity contribution in [3.8, 4) is 0 Å². The second kappa shape index (κ2) is 9.76. The Kier molecular flexibility index (Phi) is 7.52. The Labute approximate surface area is 201 Å². The summed E-state index contributed by atoms with van der Waals surface area (Å²) in [5.41, 5.74) is 0.796. The number of rotatable bonds is 7. The van der Waals surface area contributed by atoms with Crippen molar-refractivity contribution in [2.45, 2.75) is 124 Å². The van der Waals surface area contributed by atoms with E-state index in [2.05, 4.69) is 34.6 Å². The minimum Gasteiger partial charge on any atom is -0.458 e. The van der Waals surface area contributed by atoms with Gasteiger partial charge in [-0.05, 0) is 110 Å². The van der Waals surface area contributed by atoms with E-state index in [4.69, 9.17) is 4.74 Å². The van der Waals surface area contributed by atoms with Crippen molar-refractivity contribution in [2.24, 2.45) is 52.3 Å². The van der Waals surface area contributed by atoms with Crippen LogP contribution in [0.1, 0.15) is 112 Å². The van der Waals surface area contributed by atoms with Crippen molar-refractivity contribution in [2.75, 3.05) is 0 Å². The van der Waals surface area contributed by atoms with Gasteiger partial charge in [-0.1, -0.05) is 53.9 Å². The van der Waals surface area contributed by atoms with Crippen molar-refractivity contribution in [3.05, 3.63) is 0 Å². The van der Waals surface area contributed by atoms with Gasteiger partial charge in [0.15, 0.2) is 0 Å². The molecular formula is C29H48F2O2. The van der Waals surface area contributed by atoms with Gasteiger partial charge >= 0.3 is 12.4 Å². The SMILES string of the molecule is CC(C)CCCC(C)C1CCC2C3CCC4CC(OC(=O)C(F)F)CCC4(C)C3CCC12C. The maximum absolute atomic E-state index is 12.7. The summed E-state index contributed by atoms with van der Waals surface area (Å²) < 4.78 is 30.5. The molecule has 0 N–H and O–H groups in total. The third-order valence-corrected chi connectivity index (χ3v) is 11.3. The molecule has 0 spiro atoms. The van der Waals surface area contributed by atoms with E-state index in [1.807, 2.05) is 0 Å². The van der Waals surface area contributed by atoms with Crippen LogP contribution in [0.2, 0.25) is 0 Å². The van der Waals surface area contributed by atoms with Crippen LogP contribution in [-0.4, -0.2) is 18.5 Å². The van der Waals surface area contributed by atoms with Crippen LogP contribution in [0, 0.1) is 52.3 Å². The summed E-state index contributed by atoms with van der Waals surface area (Å²) in [4.78, 5) is 11.5. The van der Waals surface area contributed by atoms with Gasteiger partial charge in [-0.2, -0.15) is 8.78 Å². The van der Waals surface area contributed by atoms with E-state index in [1.165, 1.54) is 57.8 Å². The second-order valence-corrected chi connectivity index (χ2v) is 13.3. The lowest BCUT2D eigenvalue weighted by atomic mass is 9.44. The molecule has 4 fully saturated rings. The Bertz CT molecular complexity index is 693. The third-order valence-electron chi connectivity index (χ3n) is 11.3. The molecule has 9 unspecified atom stereocenters. The Morgan fingerprint density at radius 3 is 2.30 bits per heavy atom. The molecule has 9 atom stereocenters. The molecule has 0 aromatic heterocycles. The molecule has 4 heteroatoms. The molecule has 0 radical (unpaired) electrons. The Balaban J connectivity index is 1.41. The van der Waals surface area contributed by atoms with Gasteiger partial charge in [-0.3, -0.25) is 0 Å². The van der Waals surface area contributed by atoms with E-state index in [0.29, 0.717) is 16.7 Å². The molecular weight excluding hydrogens is 418 g/mol. The number of alkyl halides is 2. The standard InChI is InChI=1S/C29H48F2O2/c1-18(2)7-6-8-19(3)23-11-12-24-22-10-9-20-17-21(33-27(32)26(30)31)13-15-28(20,4)25(22)14-16-29(23,24)5/h18-26H,6-17H2,1-5H3. The van der Waals surface area contributed by atoms with Crippen LogP contribution in [0.15, 0.2) is 0 Å². The third kappa shape index (κ3) is 4.75. The number of ether oxygens (including phenoxy) is 1. The van der Waals surface area contributed by atoms with E-state index >= 15 is 0 Å². The van der Waals surface area contributed by atoms with Gasteiger partial charge < -0.3 is 4.74 Å². The number of carbonyl (C=O) groups excluding carboxylic acids is 1. The molecule has 2 nitrogen and oxygen atoms in total. The van der Waals surface area contributed by atoms with Crippen LogP contribution in [0.25, 0.3) is 0 Å². The smallest absolute Gasteiger partial charge is 0.374 e. The number of carbonyl (C=O) groups is 1. The molecule has 0 aliphatic heterocycles. The van der Waals surface area contributed by atoms with Crippen molar-refractivity contribution >= 4 is 5.97 Å². The van der Waals surface area contributed by atoms with Gasteiger partial charge in [0.25, 0.3) is 0 Å². The fraction of sp³-hybridized carbons (Fsp3) is 0.966. The summed E-state index contributed by atoms with van der Waals surface area (Å²) in [6.45, 7) is 12.3. The lowest BCUT2D eigenvalue weighted by Crippen LogP contribution is -2.54. The molecule has 0 aromatic rings. The highest BCUT2D eigenvalue weighted by atomic mass is 19.3. The molecule has 0 amide bonds. The van der Waals surface area contributed by atoms with E-state index < -0.39 is 12.4 Å². The van der Waals surface area contributed by atoms with Crippen LogP contribution >= 0.6 is 0 Å². The Morgan fingerprint density at radius 1 is 0.909 bits per heavy atom. The first-order chi connectivity index (χ1) is 15.6. The molecule has 0 heterocycles. The molecule has 33 heavy (non-hydrogen) atoms. The molecule has 0 aromatic carbocycles. The van der Waals surface area contributed by atoms with Gasteiger partial charge in [0.05, 0.1) is 0 Å². The lowest BCUT2D eigenvalue weighted by molar-refractivity contribution is -0.173.